The van der Waals surface area contributed by atoms with E-state index in [4.69, 9.17) is 9.47 Å². The van der Waals surface area contributed by atoms with Gasteiger partial charge in [-0.05, 0) is 48.5 Å². The fourth-order valence-electron chi connectivity index (χ4n) is 3.13. The number of anilines is 3. The standard InChI is InChI=1S/C23H22N6O4/c1-3-20(30)25-16-5-4-6-17(13-16)29-19-14-24-22(27-21(19)28-23(29)31)26-15-7-9-18(10-8-15)33-12-11-32-2/h3-10,13-14H,1,11-12H2,2H3,(H,25,30)(H2,24,26,27,28,31). The van der Waals surface area contributed by atoms with Crippen LogP contribution in [0, 0.1) is 0 Å². The highest BCUT2D eigenvalue weighted by atomic mass is 16.5. The van der Waals surface area contributed by atoms with Crippen molar-refractivity contribution in [3.8, 4) is 23.0 Å². The minimum atomic E-state index is -0.479. The third kappa shape index (κ3) is 5.08. The largest absolute Gasteiger partial charge is 0.491 e. The number of fused-ring (bicyclic) bond motifs is 1. The second-order valence-electron chi connectivity index (χ2n) is 6.92. The summed E-state index contributed by atoms with van der Waals surface area (Å²) in [6, 6.07) is 14.2. The number of H-pyrrole nitrogens is 1. The average Bonchev–Trinajstić information content (AvgIpc) is 3.15. The predicted molar refractivity (Wildman–Crippen MR) is 125 cm³/mol. The van der Waals surface area contributed by atoms with Crippen LogP contribution in [0.2, 0.25) is 0 Å². The fourth-order valence-corrected chi connectivity index (χ4v) is 3.13. The molecule has 168 valence electrons. The SMILES string of the molecule is C=CC(=O)Nc1cccc(-n2c3c[nH]c(Nc4ccc(OCCOC)cc4)nc-3nc2=O)c1. The van der Waals surface area contributed by atoms with Crippen LogP contribution in [0.25, 0.3) is 17.2 Å². The number of nitrogens with one attached hydrogen (secondary N) is 3. The van der Waals surface area contributed by atoms with Gasteiger partial charge in [0.1, 0.15) is 18.1 Å². The van der Waals surface area contributed by atoms with Crippen LogP contribution < -0.4 is 21.1 Å². The number of benzene rings is 2. The highest BCUT2D eigenvalue weighted by Crippen LogP contribution is 2.24. The summed E-state index contributed by atoms with van der Waals surface area (Å²) >= 11 is 0. The molecule has 10 heteroatoms. The number of aromatic nitrogens is 4. The van der Waals surface area contributed by atoms with E-state index in [9.17, 15) is 9.59 Å². The van der Waals surface area contributed by atoms with Crippen molar-refractivity contribution < 1.29 is 14.3 Å². The molecule has 0 unspecified atom stereocenters. The van der Waals surface area contributed by atoms with Gasteiger partial charge in [-0.25, -0.2) is 4.79 Å². The minimum Gasteiger partial charge on any atom is -0.491 e. The van der Waals surface area contributed by atoms with Crippen LogP contribution in [0.3, 0.4) is 0 Å². The number of carbonyl (C=O) groups excluding carboxylic acids is 1. The van der Waals surface area contributed by atoms with Gasteiger partial charge in [0.05, 0.1) is 12.3 Å². The first-order chi connectivity index (χ1) is 16.1. The van der Waals surface area contributed by atoms with Crippen LogP contribution >= 0.6 is 0 Å². The summed E-state index contributed by atoms with van der Waals surface area (Å²) in [7, 11) is 1.62. The maximum absolute atomic E-state index is 12.6. The van der Waals surface area contributed by atoms with Gasteiger partial charge in [0.2, 0.25) is 11.9 Å². The van der Waals surface area contributed by atoms with Gasteiger partial charge in [0, 0.05) is 24.7 Å². The highest BCUT2D eigenvalue weighted by Gasteiger charge is 2.18. The number of nitrogens with zero attached hydrogens (tertiary/aromatic N) is 3. The first-order valence-electron chi connectivity index (χ1n) is 10.1. The molecular formula is C23H22N6O4. The van der Waals surface area contributed by atoms with Gasteiger partial charge in [-0.2, -0.15) is 9.97 Å². The lowest BCUT2D eigenvalue weighted by Crippen LogP contribution is -2.15. The van der Waals surface area contributed by atoms with E-state index in [1.54, 1.807) is 37.6 Å². The van der Waals surface area contributed by atoms with E-state index in [1.165, 1.54) is 10.6 Å². The van der Waals surface area contributed by atoms with E-state index in [1.807, 2.05) is 24.3 Å². The summed E-state index contributed by atoms with van der Waals surface area (Å²) in [4.78, 5) is 35.7. The van der Waals surface area contributed by atoms with Crippen LogP contribution in [-0.2, 0) is 9.53 Å². The van der Waals surface area contributed by atoms with Crippen molar-refractivity contribution in [1.29, 1.82) is 0 Å². The number of ether oxygens (including phenoxy) is 2. The molecule has 0 atom stereocenters. The fraction of sp³-hybridized carbons (Fsp3) is 0.130. The third-order valence-corrected chi connectivity index (χ3v) is 4.66. The Balaban J connectivity index is 1.55. The number of rotatable bonds is 9. The van der Waals surface area contributed by atoms with Crippen LogP contribution in [0.4, 0.5) is 17.3 Å². The van der Waals surface area contributed by atoms with Gasteiger partial charge in [0.25, 0.3) is 0 Å². The Kier molecular flexibility index (Phi) is 6.46. The summed E-state index contributed by atoms with van der Waals surface area (Å²) < 4.78 is 11.9. The normalized spacial score (nSPS) is 10.7. The summed E-state index contributed by atoms with van der Waals surface area (Å²) in [5, 5.41) is 5.82. The Hall–Kier alpha value is -4.44. The van der Waals surface area contributed by atoms with Gasteiger partial charge in [0.15, 0.2) is 5.82 Å². The topological polar surface area (TPSA) is 123 Å². The Morgan fingerprint density at radius 1 is 1.15 bits per heavy atom. The molecule has 10 nitrogen and oxygen atoms in total. The summed E-state index contributed by atoms with van der Waals surface area (Å²) in [6.45, 7) is 4.42. The number of aromatic amines is 1. The number of methoxy groups -OCH3 is 1. The number of hydrogen-bond acceptors (Lipinski definition) is 7. The van der Waals surface area contributed by atoms with Crippen LogP contribution in [0.1, 0.15) is 0 Å². The molecule has 0 bridgehead atoms. The van der Waals surface area contributed by atoms with Crippen LogP contribution in [0.15, 0.2) is 72.2 Å². The zero-order chi connectivity index (χ0) is 23.2. The number of amides is 1. The number of imidazole rings is 1. The lowest BCUT2D eigenvalue weighted by molar-refractivity contribution is -0.111. The van der Waals surface area contributed by atoms with E-state index in [0.717, 1.165) is 11.4 Å². The molecule has 4 rings (SSSR count). The molecule has 0 spiro atoms. The van der Waals surface area contributed by atoms with Gasteiger partial charge in [-0.15, -0.1) is 0 Å². The van der Waals surface area contributed by atoms with Crippen molar-refractivity contribution in [3.63, 3.8) is 0 Å². The van der Waals surface area contributed by atoms with Crippen LogP contribution in [-0.4, -0.2) is 45.7 Å². The molecule has 33 heavy (non-hydrogen) atoms. The Labute approximate surface area is 189 Å². The first-order valence-corrected chi connectivity index (χ1v) is 10.1. The molecule has 0 radical (unpaired) electrons. The van der Waals surface area contributed by atoms with E-state index >= 15 is 0 Å². The molecule has 2 aliphatic heterocycles. The van der Waals surface area contributed by atoms with Gasteiger partial charge in [-0.3, -0.25) is 9.36 Å². The lowest BCUT2D eigenvalue weighted by atomic mass is 10.2. The smallest absolute Gasteiger partial charge is 0.354 e. The summed E-state index contributed by atoms with van der Waals surface area (Å²) in [5.74, 6) is 1.09. The molecule has 0 aliphatic carbocycles. The summed E-state index contributed by atoms with van der Waals surface area (Å²) in [5.41, 5.74) is 1.88. The first kappa shape index (κ1) is 21.8. The monoisotopic (exact) mass is 446 g/mol. The zero-order valence-electron chi connectivity index (χ0n) is 17.9. The number of carbonyl (C=O) groups is 1. The van der Waals surface area contributed by atoms with Gasteiger partial charge >= 0.3 is 5.69 Å². The van der Waals surface area contributed by atoms with Crippen molar-refractivity contribution in [2.24, 2.45) is 0 Å². The molecular weight excluding hydrogens is 424 g/mol. The Morgan fingerprint density at radius 3 is 2.73 bits per heavy atom. The maximum atomic E-state index is 12.6. The molecule has 3 N–H and O–H groups in total. The van der Waals surface area contributed by atoms with Gasteiger partial charge < -0.3 is 25.1 Å². The molecule has 0 saturated carbocycles. The second-order valence-corrected chi connectivity index (χ2v) is 6.92. The maximum Gasteiger partial charge on any atom is 0.354 e. The molecule has 1 amide bonds. The molecule has 2 aromatic carbocycles. The summed E-state index contributed by atoms with van der Waals surface area (Å²) in [6.07, 6.45) is 2.82. The Morgan fingerprint density at radius 2 is 1.97 bits per heavy atom. The van der Waals surface area contributed by atoms with Crippen LogP contribution in [0.5, 0.6) is 5.75 Å². The van der Waals surface area contributed by atoms with Crippen molar-refractivity contribution in [3.05, 3.63) is 77.9 Å². The quantitative estimate of drug-likeness (QED) is 0.267. The van der Waals surface area contributed by atoms with Crippen molar-refractivity contribution in [1.82, 2.24) is 19.5 Å². The van der Waals surface area contributed by atoms with Gasteiger partial charge in [-0.1, -0.05) is 12.6 Å². The van der Waals surface area contributed by atoms with E-state index in [2.05, 4.69) is 32.2 Å². The molecule has 2 aromatic rings. The minimum absolute atomic E-state index is 0.279. The predicted octanol–water partition coefficient (Wildman–Crippen LogP) is 2.95. The van der Waals surface area contributed by atoms with E-state index in [-0.39, 0.29) is 11.7 Å². The average molecular weight is 446 g/mol. The molecule has 2 aliphatic rings. The van der Waals surface area contributed by atoms with E-state index in [0.29, 0.717) is 36.2 Å². The van der Waals surface area contributed by atoms with E-state index < -0.39 is 5.69 Å². The second kappa shape index (κ2) is 9.79. The lowest BCUT2D eigenvalue weighted by Gasteiger charge is -2.11. The molecule has 0 fully saturated rings. The van der Waals surface area contributed by atoms with Crippen molar-refractivity contribution in [2.75, 3.05) is 31.0 Å². The molecule has 0 saturated heterocycles. The molecule has 0 aromatic heterocycles. The highest BCUT2D eigenvalue weighted by molar-refractivity contribution is 5.99. The third-order valence-electron chi connectivity index (χ3n) is 4.66. The molecule has 2 heterocycles. The zero-order valence-corrected chi connectivity index (χ0v) is 17.9. The Bertz CT molecular complexity index is 1290. The number of hydrogen-bond donors (Lipinski definition) is 3. The van der Waals surface area contributed by atoms with Crippen molar-refractivity contribution in [2.45, 2.75) is 0 Å². The van der Waals surface area contributed by atoms with Crippen molar-refractivity contribution >= 4 is 23.2 Å².